The Morgan fingerprint density at radius 3 is 2.23 bits per heavy atom. The fraction of sp³-hybridized carbons (Fsp3) is 0.375. The molecule has 0 unspecified atom stereocenters. The van der Waals surface area contributed by atoms with E-state index in [1.165, 1.54) is 25.3 Å². The van der Waals surface area contributed by atoms with E-state index >= 15 is 0 Å². The summed E-state index contributed by atoms with van der Waals surface area (Å²) in [5, 5.41) is 0. The highest BCUT2D eigenvalue weighted by Crippen LogP contribution is 2.20. The van der Waals surface area contributed by atoms with Gasteiger partial charge in [0, 0.05) is 0 Å². The topological polar surface area (TPSA) is 61.8 Å². The first-order valence-electron chi connectivity index (χ1n) is 6.55. The van der Waals surface area contributed by atoms with Crippen molar-refractivity contribution in [3.63, 3.8) is 0 Å². The molecule has 0 N–H and O–H groups in total. The Morgan fingerprint density at radius 2 is 1.77 bits per heavy atom. The highest BCUT2D eigenvalue weighted by molar-refractivity contribution is 6.17. The van der Waals surface area contributed by atoms with Crippen LogP contribution in [-0.4, -0.2) is 31.8 Å². The fourth-order valence-corrected chi connectivity index (χ4v) is 1.58. The molecule has 22 heavy (non-hydrogen) atoms. The van der Waals surface area contributed by atoms with E-state index in [2.05, 4.69) is 4.74 Å². The summed E-state index contributed by atoms with van der Waals surface area (Å²) < 4.78 is 28.2. The Kier molecular flexibility index (Phi) is 5.68. The summed E-state index contributed by atoms with van der Waals surface area (Å²) in [6.07, 6.45) is 1.21. The number of rotatable bonds is 4. The minimum Gasteiger partial charge on any atom is -0.494 e. The first-order valence-corrected chi connectivity index (χ1v) is 6.55. The van der Waals surface area contributed by atoms with Crippen molar-refractivity contribution in [3.05, 3.63) is 35.2 Å². The second kappa shape index (κ2) is 7.06. The standard InChI is InChI=1S/C16H19FO5/c1-16(2,3)22-15(19)11(14(18)21-5)8-10-6-7-13(20-4)12(17)9-10/h6-9H,1-5H3/b11-8-. The summed E-state index contributed by atoms with van der Waals surface area (Å²) in [6, 6.07) is 4.05. The molecule has 1 rings (SSSR count). The lowest BCUT2D eigenvalue weighted by Crippen LogP contribution is -2.27. The molecule has 0 saturated carbocycles. The van der Waals surface area contributed by atoms with Crippen LogP contribution in [0.15, 0.2) is 23.8 Å². The quantitative estimate of drug-likeness (QED) is 0.370. The van der Waals surface area contributed by atoms with Crippen LogP contribution in [0.1, 0.15) is 26.3 Å². The second-order valence-corrected chi connectivity index (χ2v) is 5.45. The summed E-state index contributed by atoms with van der Waals surface area (Å²) in [5.41, 5.74) is -0.776. The van der Waals surface area contributed by atoms with E-state index in [0.29, 0.717) is 5.56 Å². The van der Waals surface area contributed by atoms with Gasteiger partial charge in [-0.15, -0.1) is 0 Å². The summed E-state index contributed by atoms with van der Waals surface area (Å²) in [6.45, 7) is 5.02. The van der Waals surface area contributed by atoms with Gasteiger partial charge in [0.05, 0.1) is 14.2 Å². The van der Waals surface area contributed by atoms with Gasteiger partial charge in [0.1, 0.15) is 11.2 Å². The third kappa shape index (κ3) is 4.87. The Labute approximate surface area is 128 Å². The van der Waals surface area contributed by atoms with Crippen molar-refractivity contribution in [1.82, 2.24) is 0 Å². The molecule has 0 aromatic heterocycles. The molecule has 0 aliphatic rings. The predicted molar refractivity (Wildman–Crippen MR) is 78.8 cm³/mol. The number of hydrogen-bond acceptors (Lipinski definition) is 5. The van der Waals surface area contributed by atoms with Crippen LogP contribution in [0.25, 0.3) is 6.08 Å². The van der Waals surface area contributed by atoms with Gasteiger partial charge in [-0.2, -0.15) is 0 Å². The van der Waals surface area contributed by atoms with Crippen molar-refractivity contribution in [2.24, 2.45) is 0 Å². The summed E-state index contributed by atoms with van der Waals surface area (Å²) >= 11 is 0. The van der Waals surface area contributed by atoms with Gasteiger partial charge in [-0.25, -0.2) is 14.0 Å². The molecular formula is C16H19FO5. The van der Waals surface area contributed by atoms with Crippen LogP contribution in [0.4, 0.5) is 4.39 Å². The average molecular weight is 310 g/mol. The van der Waals surface area contributed by atoms with E-state index in [1.807, 2.05) is 0 Å². The summed E-state index contributed by atoms with van der Waals surface area (Å²) in [5.74, 6) is -2.24. The van der Waals surface area contributed by atoms with Crippen LogP contribution in [0, 0.1) is 5.82 Å². The number of methoxy groups -OCH3 is 2. The van der Waals surface area contributed by atoms with E-state index in [1.54, 1.807) is 20.8 Å². The summed E-state index contributed by atoms with van der Waals surface area (Å²) in [7, 11) is 2.49. The van der Waals surface area contributed by atoms with Crippen molar-refractivity contribution in [2.45, 2.75) is 26.4 Å². The van der Waals surface area contributed by atoms with Gasteiger partial charge in [0.2, 0.25) is 0 Å². The first kappa shape index (κ1) is 17.7. The molecular weight excluding hydrogens is 291 g/mol. The van der Waals surface area contributed by atoms with Crippen molar-refractivity contribution in [1.29, 1.82) is 0 Å². The van der Waals surface area contributed by atoms with Crippen LogP contribution in [0.2, 0.25) is 0 Å². The molecule has 0 radical (unpaired) electrons. The number of carbonyl (C=O) groups is 2. The zero-order valence-electron chi connectivity index (χ0n) is 13.2. The van der Waals surface area contributed by atoms with Gasteiger partial charge in [0.15, 0.2) is 11.6 Å². The molecule has 0 spiro atoms. The Bertz CT molecular complexity index is 599. The van der Waals surface area contributed by atoms with Crippen LogP contribution < -0.4 is 4.74 Å². The molecule has 0 fully saturated rings. The Morgan fingerprint density at radius 1 is 1.14 bits per heavy atom. The summed E-state index contributed by atoms with van der Waals surface area (Å²) in [4.78, 5) is 23.8. The molecule has 5 nitrogen and oxygen atoms in total. The van der Waals surface area contributed by atoms with Gasteiger partial charge in [-0.3, -0.25) is 0 Å². The number of carbonyl (C=O) groups excluding carboxylic acids is 2. The number of hydrogen-bond donors (Lipinski definition) is 0. The largest absolute Gasteiger partial charge is 0.494 e. The normalized spacial score (nSPS) is 11.8. The molecule has 0 atom stereocenters. The molecule has 6 heteroatoms. The third-order valence-electron chi connectivity index (χ3n) is 2.51. The van der Waals surface area contributed by atoms with E-state index in [0.717, 1.165) is 13.2 Å². The lowest BCUT2D eigenvalue weighted by molar-refractivity contribution is -0.153. The lowest BCUT2D eigenvalue weighted by atomic mass is 10.1. The van der Waals surface area contributed by atoms with Crippen LogP contribution >= 0.6 is 0 Å². The van der Waals surface area contributed by atoms with E-state index in [4.69, 9.17) is 9.47 Å². The molecule has 1 aromatic carbocycles. The third-order valence-corrected chi connectivity index (χ3v) is 2.51. The molecule has 0 amide bonds. The van der Waals surface area contributed by atoms with Crippen LogP contribution in [0.3, 0.4) is 0 Å². The van der Waals surface area contributed by atoms with Gasteiger partial charge in [-0.05, 0) is 44.5 Å². The SMILES string of the molecule is COC(=O)/C(=C/c1ccc(OC)c(F)c1)C(=O)OC(C)(C)C. The first-order chi connectivity index (χ1) is 10.2. The highest BCUT2D eigenvalue weighted by atomic mass is 19.1. The average Bonchev–Trinajstić information content (AvgIpc) is 2.42. The minimum absolute atomic E-state index is 0.0639. The minimum atomic E-state index is -0.856. The lowest BCUT2D eigenvalue weighted by Gasteiger charge is -2.20. The van der Waals surface area contributed by atoms with E-state index in [-0.39, 0.29) is 11.3 Å². The predicted octanol–water partition coefficient (Wildman–Crippen LogP) is 2.73. The maximum atomic E-state index is 13.7. The zero-order chi connectivity index (χ0) is 16.9. The van der Waals surface area contributed by atoms with Crippen molar-refractivity contribution in [2.75, 3.05) is 14.2 Å². The fourth-order valence-electron chi connectivity index (χ4n) is 1.58. The van der Waals surface area contributed by atoms with Gasteiger partial charge >= 0.3 is 11.9 Å². The smallest absolute Gasteiger partial charge is 0.346 e. The number of esters is 2. The monoisotopic (exact) mass is 310 g/mol. The zero-order valence-corrected chi connectivity index (χ0v) is 13.2. The molecule has 1 aromatic rings. The maximum absolute atomic E-state index is 13.7. The van der Waals surface area contributed by atoms with E-state index < -0.39 is 23.4 Å². The Balaban J connectivity index is 3.19. The van der Waals surface area contributed by atoms with Gasteiger partial charge in [-0.1, -0.05) is 6.07 Å². The molecule has 0 aliphatic carbocycles. The van der Waals surface area contributed by atoms with Gasteiger partial charge < -0.3 is 14.2 Å². The molecule has 0 saturated heterocycles. The number of benzene rings is 1. The number of ether oxygens (including phenoxy) is 3. The van der Waals surface area contributed by atoms with E-state index in [9.17, 15) is 14.0 Å². The van der Waals surface area contributed by atoms with Crippen molar-refractivity contribution < 1.29 is 28.2 Å². The highest BCUT2D eigenvalue weighted by Gasteiger charge is 2.25. The van der Waals surface area contributed by atoms with Crippen molar-refractivity contribution >= 4 is 18.0 Å². The van der Waals surface area contributed by atoms with Crippen LogP contribution in [0.5, 0.6) is 5.75 Å². The molecule has 0 bridgehead atoms. The number of halogens is 1. The van der Waals surface area contributed by atoms with Crippen molar-refractivity contribution in [3.8, 4) is 5.75 Å². The maximum Gasteiger partial charge on any atom is 0.346 e. The molecule has 0 heterocycles. The molecule has 120 valence electrons. The molecule has 0 aliphatic heterocycles. The second-order valence-electron chi connectivity index (χ2n) is 5.45. The van der Waals surface area contributed by atoms with Gasteiger partial charge in [0.25, 0.3) is 0 Å². The van der Waals surface area contributed by atoms with Crippen LogP contribution in [-0.2, 0) is 19.1 Å². The Hall–Kier alpha value is -2.37.